The molecule has 0 amide bonds. The largest absolute Gasteiger partial charge is 0.444 e. The molecule has 4 rings (SSSR count). The summed E-state index contributed by atoms with van der Waals surface area (Å²) in [4.78, 5) is 0. The minimum Gasteiger partial charge on any atom is -0.391 e. The molecule has 1 saturated heterocycles. The lowest BCUT2D eigenvalue weighted by atomic mass is 9.56. The van der Waals surface area contributed by atoms with E-state index in [4.69, 9.17) is 16.9 Å². The summed E-state index contributed by atoms with van der Waals surface area (Å²) in [6.45, 7) is 0. The number of hydrogen-bond acceptors (Lipinski definition) is 6. The van der Waals surface area contributed by atoms with Gasteiger partial charge in [-0.15, -0.1) is 0 Å². The Morgan fingerprint density at radius 1 is 0.262 bits per heavy atom. The van der Waals surface area contributed by atoms with Crippen LogP contribution >= 0.6 is 0 Å². The third kappa shape index (κ3) is 4.10. The van der Waals surface area contributed by atoms with E-state index >= 15 is 0 Å². The van der Waals surface area contributed by atoms with Crippen molar-refractivity contribution >= 4 is 38.4 Å². The maximum Gasteiger partial charge on any atom is 0.444 e. The topological polar surface area (TPSA) is 87.8 Å². The van der Waals surface area contributed by atoms with Gasteiger partial charge >= 0.3 is 21.4 Å². The molecule has 24 heteroatoms. The van der Waals surface area contributed by atoms with E-state index in [-0.39, 0.29) is 0 Å². The number of rotatable bonds is 3. The molecule has 3 aromatic rings. The Labute approximate surface area is 223 Å². The third-order valence-corrected chi connectivity index (χ3v) is 6.04. The van der Waals surface area contributed by atoms with Gasteiger partial charge in [-0.2, -0.15) is 0 Å². The second-order valence-corrected chi connectivity index (χ2v) is 8.22. The Morgan fingerprint density at radius 2 is 0.381 bits per heavy atom. The first-order valence-electron chi connectivity index (χ1n) is 10.6. The summed E-state index contributed by atoms with van der Waals surface area (Å²) in [7, 11) is -8.89. The number of hydrogen-bond donors (Lipinski definition) is 3. The molecule has 1 aliphatic heterocycles. The predicted molar refractivity (Wildman–Crippen MR) is 116 cm³/mol. The average molecular weight is 624 g/mol. The molecule has 222 valence electrons. The van der Waals surface area contributed by atoms with E-state index in [1.54, 1.807) is 0 Å². The lowest BCUT2D eigenvalue weighted by molar-refractivity contribution is 0.380. The van der Waals surface area contributed by atoms with Gasteiger partial charge in [0.25, 0.3) is 0 Å². The van der Waals surface area contributed by atoms with Crippen molar-refractivity contribution in [1.29, 1.82) is 0 Å². The monoisotopic (exact) mass is 624 g/mol. The van der Waals surface area contributed by atoms with Crippen LogP contribution in [0.5, 0.6) is 0 Å². The van der Waals surface area contributed by atoms with Crippen LogP contribution in [0.2, 0.25) is 0 Å². The third-order valence-electron chi connectivity index (χ3n) is 6.04. The zero-order valence-corrected chi connectivity index (χ0v) is 19.5. The van der Waals surface area contributed by atoms with Crippen LogP contribution in [-0.2, 0) is 0 Å². The quantitative estimate of drug-likeness (QED) is 0.180. The van der Waals surface area contributed by atoms with Gasteiger partial charge in [0.1, 0.15) is 0 Å². The van der Waals surface area contributed by atoms with Gasteiger partial charge in [-0.25, -0.2) is 65.9 Å². The maximum atomic E-state index is 14.8. The first-order valence-corrected chi connectivity index (χ1v) is 10.6. The van der Waals surface area contributed by atoms with Gasteiger partial charge in [0.15, 0.2) is 69.8 Å². The molecule has 0 unspecified atom stereocenters. The van der Waals surface area contributed by atoms with Gasteiger partial charge in [-0.1, -0.05) is 0 Å². The Balaban J connectivity index is 2.14. The molecule has 0 aromatic heterocycles. The van der Waals surface area contributed by atoms with E-state index in [0.29, 0.717) is 0 Å². The molecule has 3 aromatic carbocycles. The number of nitrogens with two attached hydrogens (primary N) is 3. The highest BCUT2D eigenvalue weighted by molar-refractivity contribution is 7.02. The van der Waals surface area contributed by atoms with Crippen LogP contribution in [0.25, 0.3) is 0 Å². The second-order valence-electron chi connectivity index (χ2n) is 8.22. The van der Waals surface area contributed by atoms with Gasteiger partial charge in [0.05, 0.1) is 17.1 Å². The highest BCUT2D eigenvalue weighted by atomic mass is 19.2. The van der Waals surface area contributed by atoms with E-state index in [2.05, 4.69) is 0 Å². The van der Waals surface area contributed by atoms with E-state index in [0.717, 1.165) is 0 Å². The van der Waals surface area contributed by atoms with Crippen LogP contribution in [0.4, 0.5) is 82.9 Å². The molecule has 0 atom stereocenters. The second kappa shape index (κ2) is 10.4. The lowest BCUT2D eigenvalue weighted by Crippen LogP contribution is -2.87. The number of nitrogens with zero attached hydrogens (tertiary/aromatic N) is 3. The van der Waals surface area contributed by atoms with Gasteiger partial charge in [0.2, 0.25) is 17.5 Å². The minimum absolute atomic E-state index is 0.532. The fourth-order valence-corrected chi connectivity index (χ4v) is 4.13. The predicted octanol–water partition coefficient (Wildman–Crippen LogP) is 3.44. The highest BCUT2D eigenvalue weighted by Gasteiger charge is 2.56. The lowest BCUT2D eigenvalue weighted by Gasteiger charge is -2.51. The summed E-state index contributed by atoms with van der Waals surface area (Å²) in [6.07, 6.45) is 0. The molecule has 0 saturated carbocycles. The van der Waals surface area contributed by atoms with E-state index in [1.165, 1.54) is 0 Å². The molecule has 42 heavy (non-hydrogen) atoms. The van der Waals surface area contributed by atoms with Crippen molar-refractivity contribution in [1.82, 2.24) is 0 Å². The van der Waals surface area contributed by atoms with Crippen molar-refractivity contribution in [2.24, 2.45) is 16.9 Å². The summed E-state index contributed by atoms with van der Waals surface area (Å²) in [5.74, 6) is -41.8. The molecule has 0 radical (unpaired) electrons. The summed E-state index contributed by atoms with van der Waals surface area (Å²) < 4.78 is 212. The molecular weight excluding hydrogens is 618 g/mol. The van der Waals surface area contributed by atoms with Crippen LogP contribution in [0.15, 0.2) is 0 Å². The molecule has 6 nitrogen and oxygen atoms in total. The normalized spacial score (nSPS) is 14.1. The molecular formula is C18H6B3F15N6. The van der Waals surface area contributed by atoms with Gasteiger partial charge in [-0.05, 0) is 0 Å². The van der Waals surface area contributed by atoms with Crippen LogP contribution in [0.3, 0.4) is 0 Å². The molecule has 0 bridgehead atoms. The van der Waals surface area contributed by atoms with Crippen LogP contribution in [0, 0.1) is 87.3 Å². The van der Waals surface area contributed by atoms with Crippen LogP contribution in [0.1, 0.15) is 0 Å². The van der Waals surface area contributed by atoms with Gasteiger partial charge in [0, 0.05) is 0 Å². The number of benzene rings is 3. The molecule has 1 aliphatic rings. The summed E-state index contributed by atoms with van der Waals surface area (Å²) in [5, 5.41) is 0. The molecule has 1 fully saturated rings. The van der Waals surface area contributed by atoms with Crippen LogP contribution < -0.4 is 31.1 Å². The average Bonchev–Trinajstić information content (AvgIpc) is 2.95. The summed E-state index contributed by atoms with van der Waals surface area (Å²) in [6, 6.07) is 0. The Kier molecular flexibility index (Phi) is 7.70. The van der Waals surface area contributed by atoms with Crippen molar-refractivity contribution in [3.8, 4) is 0 Å². The number of halogens is 15. The van der Waals surface area contributed by atoms with Crippen molar-refractivity contribution < 1.29 is 65.9 Å². The Hall–Kier alpha value is -3.92. The fourth-order valence-electron chi connectivity index (χ4n) is 4.13. The van der Waals surface area contributed by atoms with E-state index in [9.17, 15) is 65.9 Å². The van der Waals surface area contributed by atoms with Gasteiger partial charge < -0.3 is 31.1 Å². The zero-order chi connectivity index (χ0) is 31.9. The molecule has 1 heterocycles. The van der Waals surface area contributed by atoms with Crippen molar-refractivity contribution in [2.75, 3.05) is 14.2 Å². The Morgan fingerprint density at radius 3 is 0.524 bits per heavy atom. The van der Waals surface area contributed by atoms with E-state index in [1.807, 2.05) is 0 Å². The number of anilines is 3. The molecule has 6 N–H and O–H groups in total. The van der Waals surface area contributed by atoms with Crippen molar-refractivity contribution in [2.45, 2.75) is 0 Å². The SMILES string of the molecule is NB1N(c2c(F)c(F)c(F)c(F)c2F)B(N)N(c2c(F)c(F)c(F)c(F)c2F)B(N)N1c1c(F)c(F)c(F)c(F)c1F. The first kappa shape index (κ1) is 31.0. The molecule has 0 aliphatic carbocycles. The standard InChI is InChI=1S/C18H6B3F15N6/c22-1-4(25)10(31)16(11(32)5(1)26)40-19(37)41(17-12(33)6(27)2(23)7(28)13(17)34)21(39)42(20(40)38)18-14(35)8(29)3(24)9(30)15(18)36/h37-39H2. The summed E-state index contributed by atoms with van der Waals surface area (Å²) in [5.41, 5.74) is 10.2. The van der Waals surface area contributed by atoms with Crippen LogP contribution in [-0.4, -0.2) is 21.4 Å². The maximum absolute atomic E-state index is 14.8. The Bertz CT molecular complexity index is 1360. The van der Waals surface area contributed by atoms with Crippen molar-refractivity contribution in [3.05, 3.63) is 87.3 Å². The smallest absolute Gasteiger partial charge is 0.391 e. The van der Waals surface area contributed by atoms with E-state index < -0.39 is 140 Å². The van der Waals surface area contributed by atoms with Gasteiger partial charge in [-0.3, -0.25) is 0 Å². The van der Waals surface area contributed by atoms with Crippen molar-refractivity contribution in [3.63, 3.8) is 0 Å². The first-order chi connectivity index (χ1) is 19.4. The zero-order valence-electron chi connectivity index (χ0n) is 19.5. The molecule has 0 spiro atoms. The fraction of sp³-hybridized carbons (Fsp3) is 0. The summed E-state index contributed by atoms with van der Waals surface area (Å²) >= 11 is 0. The minimum atomic E-state index is -2.96. The highest BCUT2D eigenvalue weighted by Crippen LogP contribution is 2.40.